The standard InChI is InChI=1S/C26H39N3O2/c1-17-4-7-22-21-6-5-18-14-19(29-30-13-10-24-28-16-20(15-27)31-24)8-11-26(18,3)23(21)9-12-25(17,22)2/h16,18,21-23H,1,4-15,27H2,2-3H3/t18?,21?,22?,23?,25-,26+/m1/s1. The summed E-state index contributed by atoms with van der Waals surface area (Å²) < 4.78 is 5.53. The van der Waals surface area contributed by atoms with Crippen LogP contribution in [0.1, 0.15) is 83.3 Å². The highest BCUT2D eigenvalue weighted by Crippen LogP contribution is 2.66. The van der Waals surface area contributed by atoms with Gasteiger partial charge >= 0.3 is 0 Å². The van der Waals surface area contributed by atoms with Gasteiger partial charge in [0, 0.05) is 0 Å². The second-order valence-electron chi connectivity index (χ2n) is 11.1. The maximum absolute atomic E-state index is 5.67. The van der Waals surface area contributed by atoms with Crippen LogP contribution in [0.2, 0.25) is 0 Å². The van der Waals surface area contributed by atoms with Crippen LogP contribution in [0, 0.1) is 34.5 Å². The molecule has 0 spiro atoms. The van der Waals surface area contributed by atoms with E-state index in [1.165, 1.54) is 50.7 Å². The average Bonchev–Trinajstić information content (AvgIpc) is 3.35. The number of nitrogens with zero attached hydrogens (tertiary/aromatic N) is 2. The highest BCUT2D eigenvalue weighted by molar-refractivity contribution is 5.85. The maximum atomic E-state index is 5.67. The summed E-state index contributed by atoms with van der Waals surface area (Å²) in [6.45, 7) is 10.5. The van der Waals surface area contributed by atoms with Crippen molar-refractivity contribution in [3.8, 4) is 0 Å². The summed E-state index contributed by atoms with van der Waals surface area (Å²) >= 11 is 0. The van der Waals surface area contributed by atoms with Gasteiger partial charge in [-0.05, 0) is 92.3 Å². The van der Waals surface area contributed by atoms with Crippen molar-refractivity contribution in [3.05, 3.63) is 30.0 Å². The van der Waals surface area contributed by atoms with Crippen molar-refractivity contribution >= 4 is 5.71 Å². The van der Waals surface area contributed by atoms with Gasteiger partial charge in [0.2, 0.25) is 0 Å². The first-order valence-corrected chi connectivity index (χ1v) is 12.4. The van der Waals surface area contributed by atoms with Gasteiger partial charge in [-0.15, -0.1) is 0 Å². The lowest BCUT2D eigenvalue weighted by atomic mass is 9.45. The second kappa shape index (κ2) is 8.06. The van der Waals surface area contributed by atoms with E-state index in [1.54, 1.807) is 11.8 Å². The summed E-state index contributed by atoms with van der Waals surface area (Å²) in [6, 6.07) is 0. The Hall–Kier alpha value is -1.62. The van der Waals surface area contributed by atoms with Crippen LogP contribution < -0.4 is 5.73 Å². The number of allylic oxidation sites excluding steroid dienone is 1. The molecule has 5 heteroatoms. The van der Waals surface area contributed by atoms with E-state index in [0.29, 0.717) is 42.1 Å². The molecule has 5 nitrogen and oxygen atoms in total. The Bertz CT molecular complexity index is 861. The van der Waals surface area contributed by atoms with E-state index in [1.807, 2.05) is 0 Å². The molecule has 4 aliphatic carbocycles. The Kier molecular flexibility index (Phi) is 5.52. The normalized spacial score (nSPS) is 41.0. The number of hydrogen-bond donors (Lipinski definition) is 1. The molecule has 0 bridgehead atoms. The van der Waals surface area contributed by atoms with E-state index >= 15 is 0 Å². The largest absolute Gasteiger partial charge is 0.444 e. The highest BCUT2D eigenvalue weighted by atomic mass is 16.6. The summed E-state index contributed by atoms with van der Waals surface area (Å²) in [6.07, 6.45) is 14.0. The molecule has 5 rings (SSSR count). The highest BCUT2D eigenvalue weighted by Gasteiger charge is 2.58. The fourth-order valence-electron chi connectivity index (χ4n) is 7.88. The topological polar surface area (TPSA) is 73.6 Å². The number of oxazole rings is 1. The zero-order valence-corrected chi connectivity index (χ0v) is 19.4. The van der Waals surface area contributed by atoms with Crippen LogP contribution in [-0.2, 0) is 17.8 Å². The molecule has 0 saturated heterocycles. The first-order valence-electron chi connectivity index (χ1n) is 12.4. The minimum absolute atomic E-state index is 0.382. The number of aromatic nitrogens is 1. The molecule has 4 fully saturated rings. The van der Waals surface area contributed by atoms with Crippen molar-refractivity contribution in [1.29, 1.82) is 0 Å². The summed E-state index contributed by atoms with van der Waals surface area (Å²) in [5.41, 5.74) is 9.27. The lowest BCUT2D eigenvalue weighted by Crippen LogP contribution is -2.52. The molecule has 6 atom stereocenters. The zero-order chi connectivity index (χ0) is 21.6. The van der Waals surface area contributed by atoms with Crippen LogP contribution in [0.15, 0.2) is 27.9 Å². The second-order valence-corrected chi connectivity index (χ2v) is 11.1. The summed E-state index contributed by atoms with van der Waals surface area (Å²) in [7, 11) is 0. The minimum atomic E-state index is 0.382. The maximum Gasteiger partial charge on any atom is 0.197 e. The minimum Gasteiger partial charge on any atom is -0.444 e. The summed E-state index contributed by atoms with van der Waals surface area (Å²) in [5, 5.41) is 4.54. The molecule has 31 heavy (non-hydrogen) atoms. The van der Waals surface area contributed by atoms with Crippen LogP contribution in [0.4, 0.5) is 0 Å². The van der Waals surface area contributed by atoms with E-state index in [9.17, 15) is 0 Å². The van der Waals surface area contributed by atoms with E-state index in [-0.39, 0.29) is 0 Å². The lowest BCUT2D eigenvalue weighted by molar-refractivity contribution is -0.0859. The summed E-state index contributed by atoms with van der Waals surface area (Å²) in [5.74, 6) is 4.83. The van der Waals surface area contributed by atoms with Crippen molar-refractivity contribution < 1.29 is 9.25 Å². The van der Waals surface area contributed by atoms with E-state index < -0.39 is 0 Å². The van der Waals surface area contributed by atoms with Crippen LogP contribution in [0.5, 0.6) is 0 Å². The van der Waals surface area contributed by atoms with Gasteiger partial charge in [0.05, 0.1) is 24.9 Å². The van der Waals surface area contributed by atoms with Gasteiger partial charge < -0.3 is 15.0 Å². The quantitative estimate of drug-likeness (QED) is 0.376. The molecule has 0 aliphatic heterocycles. The molecule has 0 radical (unpaired) electrons. The monoisotopic (exact) mass is 425 g/mol. The number of oxime groups is 1. The van der Waals surface area contributed by atoms with Crippen molar-refractivity contribution in [3.63, 3.8) is 0 Å². The molecule has 1 aromatic heterocycles. The molecule has 4 unspecified atom stereocenters. The van der Waals surface area contributed by atoms with Crippen molar-refractivity contribution in [2.45, 2.75) is 84.6 Å². The molecule has 1 heterocycles. The molecule has 4 saturated carbocycles. The first-order chi connectivity index (χ1) is 14.9. The van der Waals surface area contributed by atoms with Crippen molar-refractivity contribution in [2.24, 2.45) is 45.4 Å². The number of rotatable bonds is 5. The summed E-state index contributed by atoms with van der Waals surface area (Å²) in [4.78, 5) is 9.89. The van der Waals surface area contributed by atoms with Crippen molar-refractivity contribution in [2.75, 3.05) is 6.61 Å². The van der Waals surface area contributed by atoms with Crippen LogP contribution >= 0.6 is 0 Å². The Labute approximate surface area is 186 Å². The Morgan fingerprint density at radius 2 is 2.06 bits per heavy atom. The van der Waals surface area contributed by atoms with Gasteiger partial charge in [-0.1, -0.05) is 31.2 Å². The Balaban J connectivity index is 1.19. The van der Waals surface area contributed by atoms with Gasteiger partial charge in [0.1, 0.15) is 12.4 Å². The van der Waals surface area contributed by atoms with Gasteiger partial charge in [-0.3, -0.25) is 0 Å². The molecule has 1 aromatic rings. The third-order valence-corrected chi connectivity index (χ3v) is 9.86. The third kappa shape index (κ3) is 3.57. The molecule has 170 valence electrons. The average molecular weight is 426 g/mol. The predicted molar refractivity (Wildman–Crippen MR) is 122 cm³/mol. The van der Waals surface area contributed by atoms with Gasteiger partial charge in [-0.25, -0.2) is 4.98 Å². The SMILES string of the molecule is C=C1CCC2C3CCC4CC(=NOCCc5ncc(CN)o5)CC[C@]4(C)C3CC[C@]12C. The Morgan fingerprint density at radius 1 is 1.19 bits per heavy atom. The first kappa shape index (κ1) is 21.2. The van der Waals surface area contributed by atoms with Gasteiger partial charge in [-0.2, -0.15) is 0 Å². The molecule has 4 aliphatic rings. The number of hydrogen-bond acceptors (Lipinski definition) is 5. The predicted octanol–water partition coefficient (Wildman–Crippen LogP) is 5.65. The zero-order valence-electron chi connectivity index (χ0n) is 19.4. The molecule has 2 N–H and O–H groups in total. The van der Waals surface area contributed by atoms with Crippen LogP contribution in [0.25, 0.3) is 0 Å². The third-order valence-electron chi connectivity index (χ3n) is 9.86. The molecule has 0 amide bonds. The number of nitrogens with two attached hydrogens (primary N) is 1. The molecular weight excluding hydrogens is 386 g/mol. The molecular formula is C26H39N3O2. The fraction of sp³-hybridized carbons (Fsp3) is 0.769. The Morgan fingerprint density at radius 3 is 2.87 bits per heavy atom. The van der Waals surface area contributed by atoms with E-state index in [4.69, 9.17) is 15.0 Å². The lowest BCUT2D eigenvalue weighted by Gasteiger charge is -2.60. The number of fused-ring (bicyclic) bond motifs is 5. The van der Waals surface area contributed by atoms with E-state index in [2.05, 4.69) is 30.6 Å². The fourth-order valence-corrected chi connectivity index (χ4v) is 7.88. The smallest absolute Gasteiger partial charge is 0.197 e. The van der Waals surface area contributed by atoms with Crippen LogP contribution in [-0.4, -0.2) is 17.3 Å². The van der Waals surface area contributed by atoms with Gasteiger partial charge in [0.25, 0.3) is 0 Å². The van der Waals surface area contributed by atoms with Gasteiger partial charge in [0.15, 0.2) is 5.89 Å². The van der Waals surface area contributed by atoms with E-state index in [0.717, 1.165) is 36.5 Å². The molecule has 0 aromatic carbocycles. The van der Waals surface area contributed by atoms with Crippen molar-refractivity contribution in [1.82, 2.24) is 4.98 Å². The van der Waals surface area contributed by atoms with Crippen LogP contribution in [0.3, 0.4) is 0 Å².